The first kappa shape index (κ1) is 12.9. The number of aryl methyl sites for hydroxylation is 1. The van der Waals surface area contributed by atoms with Crippen molar-refractivity contribution in [1.29, 1.82) is 0 Å². The average molecular weight is 269 g/mol. The van der Waals surface area contributed by atoms with Crippen molar-refractivity contribution in [3.63, 3.8) is 0 Å². The Morgan fingerprint density at radius 1 is 1.53 bits per heavy atom. The maximum atomic E-state index is 4.53. The molecule has 17 heavy (non-hydrogen) atoms. The van der Waals surface area contributed by atoms with Crippen molar-refractivity contribution in [2.45, 2.75) is 39.0 Å². The maximum absolute atomic E-state index is 4.53. The summed E-state index contributed by atoms with van der Waals surface area (Å²) in [5, 5.41) is 6.25. The van der Waals surface area contributed by atoms with Crippen LogP contribution in [0.5, 0.6) is 0 Å². The summed E-state index contributed by atoms with van der Waals surface area (Å²) in [4.78, 5) is 10.3. The van der Waals surface area contributed by atoms with Crippen molar-refractivity contribution in [1.82, 2.24) is 10.3 Å². The van der Waals surface area contributed by atoms with E-state index < -0.39 is 0 Å². The van der Waals surface area contributed by atoms with Crippen LogP contribution >= 0.6 is 23.1 Å². The number of amidine groups is 1. The van der Waals surface area contributed by atoms with Gasteiger partial charge in [0.1, 0.15) is 5.01 Å². The highest BCUT2D eigenvalue weighted by Crippen LogP contribution is 2.26. The minimum atomic E-state index is 0.639. The molecule has 2 heterocycles. The van der Waals surface area contributed by atoms with Gasteiger partial charge in [0.2, 0.25) is 0 Å². The number of hydrogen-bond acceptors (Lipinski definition) is 5. The number of hydrogen-bond donors (Lipinski definition) is 1. The van der Waals surface area contributed by atoms with Gasteiger partial charge in [-0.3, -0.25) is 4.99 Å². The lowest BCUT2D eigenvalue weighted by molar-refractivity contribution is 0.621. The second-order valence-corrected chi connectivity index (χ2v) is 6.90. The van der Waals surface area contributed by atoms with Crippen LogP contribution in [0.15, 0.2) is 11.2 Å². The van der Waals surface area contributed by atoms with Gasteiger partial charge in [-0.15, -0.1) is 11.3 Å². The molecule has 0 saturated carbocycles. The molecule has 0 amide bonds. The van der Waals surface area contributed by atoms with Crippen molar-refractivity contribution in [3.05, 3.63) is 16.1 Å². The lowest BCUT2D eigenvalue weighted by Crippen LogP contribution is -2.19. The molecule has 0 fully saturated rings. The fourth-order valence-electron chi connectivity index (χ4n) is 1.58. The van der Waals surface area contributed by atoms with Gasteiger partial charge in [0.05, 0.1) is 13.1 Å². The molecule has 94 valence electrons. The third-order valence-electron chi connectivity index (χ3n) is 2.76. The Balaban J connectivity index is 1.79. The molecule has 1 aliphatic heterocycles. The van der Waals surface area contributed by atoms with Crippen molar-refractivity contribution < 1.29 is 0 Å². The molecule has 1 N–H and O–H groups in total. The van der Waals surface area contributed by atoms with E-state index in [0.717, 1.165) is 29.7 Å². The number of thiazole rings is 1. The van der Waals surface area contributed by atoms with Gasteiger partial charge in [-0.05, 0) is 12.3 Å². The number of thioether (sulfide) groups is 1. The summed E-state index contributed by atoms with van der Waals surface area (Å²) in [6, 6.07) is 0. The van der Waals surface area contributed by atoms with E-state index in [1.54, 1.807) is 11.3 Å². The molecule has 1 aromatic rings. The van der Waals surface area contributed by atoms with Crippen molar-refractivity contribution in [2.75, 3.05) is 6.54 Å². The summed E-state index contributed by atoms with van der Waals surface area (Å²) < 4.78 is 0. The first-order valence-electron chi connectivity index (χ1n) is 6.07. The maximum Gasteiger partial charge on any atom is 0.157 e. The van der Waals surface area contributed by atoms with Crippen LogP contribution in [0.1, 0.15) is 30.7 Å². The number of aromatic nitrogens is 1. The first-order chi connectivity index (χ1) is 8.19. The zero-order valence-corrected chi connectivity index (χ0v) is 12.2. The molecular formula is C12H19N3S2. The number of rotatable bonds is 4. The Morgan fingerprint density at radius 3 is 2.94 bits per heavy atom. The molecule has 1 aliphatic rings. The molecule has 1 unspecified atom stereocenters. The zero-order valence-electron chi connectivity index (χ0n) is 10.6. The van der Waals surface area contributed by atoms with Crippen LogP contribution in [-0.4, -0.2) is 21.9 Å². The highest BCUT2D eigenvalue weighted by molar-refractivity contribution is 8.14. The van der Waals surface area contributed by atoms with E-state index in [-0.39, 0.29) is 0 Å². The van der Waals surface area contributed by atoms with E-state index in [1.165, 1.54) is 4.88 Å². The quantitative estimate of drug-likeness (QED) is 0.913. The summed E-state index contributed by atoms with van der Waals surface area (Å²) in [6.07, 6.45) is 3.05. The molecule has 0 aromatic carbocycles. The molecular weight excluding hydrogens is 250 g/mol. The van der Waals surface area contributed by atoms with Crippen LogP contribution in [0.2, 0.25) is 0 Å². The van der Waals surface area contributed by atoms with Gasteiger partial charge in [-0.1, -0.05) is 32.5 Å². The summed E-state index contributed by atoms with van der Waals surface area (Å²) in [5.41, 5.74) is 0. The van der Waals surface area contributed by atoms with Crippen LogP contribution in [-0.2, 0) is 13.0 Å². The third kappa shape index (κ3) is 3.45. The van der Waals surface area contributed by atoms with Crippen LogP contribution in [0, 0.1) is 5.92 Å². The van der Waals surface area contributed by atoms with E-state index >= 15 is 0 Å². The summed E-state index contributed by atoms with van der Waals surface area (Å²) >= 11 is 3.65. The highest BCUT2D eigenvalue weighted by atomic mass is 32.2. The Kier molecular flexibility index (Phi) is 4.45. The predicted octanol–water partition coefficient (Wildman–Crippen LogP) is 2.92. The zero-order chi connectivity index (χ0) is 12.3. The van der Waals surface area contributed by atoms with E-state index in [1.807, 2.05) is 18.0 Å². The van der Waals surface area contributed by atoms with Gasteiger partial charge in [-0.2, -0.15) is 0 Å². The highest BCUT2D eigenvalue weighted by Gasteiger charge is 2.22. The van der Waals surface area contributed by atoms with Gasteiger partial charge >= 0.3 is 0 Å². The SMILES string of the molecule is CCc1cnc(CNC2=NCC(C(C)C)S2)s1. The minimum absolute atomic E-state index is 0.639. The van der Waals surface area contributed by atoms with Crippen LogP contribution in [0.25, 0.3) is 0 Å². The Labute approximate surface area is 111 Å². The molecule has 0 aliphatic carbocycles. The molecule has 3 nitrogen and oxygen atoms in total. The first-order valence-corrected chi connectivity index (χ1v) is 7.77. The number of aliphatic imine (C=N–C) groups is 1. The third-order valence-corrected chi connectivity index (χ3v) is 5.40. The summed E-state index contributed by atoms with van der Waals surface area (Å²) in [6.45, 7) is 8.42. The van der Waals surface area contributed by atoms with Crippen LogP contribution in [0.4, 0.5) is 0 Å². The fourth-order valence-corrected chi connectivity index (χ4v) is 3.39. The van der Waals surface area contributed by atoms with Gasteiger partial charge in [0.25, 0.3) is 0 Å². The Hall–Kier alpha value is -0.550. The second-order valence-electron chi connectivity index (χ2n) is 4.47. The van der Waals surface area contributed by atoms with Crippen molar-refractivity contribution in [3.8, 4) is 0 Å². The molecule has 1 aromatic heterocycles. The molecule has 0 bridgehead atoms. The standard InChI is InChI=1S/C12H19N3S2/c1-4-9-5-13-11(16-9)7-15-12-14-6-10(17-12)8(2)3/h5,8,10H,4,6-7H2,1-3H3,(H,14,15). The molecule has 5 heteroatoms. The monoisotopic (exact) mass is 269 g/mol. The minimum Gasteiger partial charge on any atom is -0.358 e. The molecule has 0 radical (unpaired) electrons. The van der Waals surface area contributed by atoms with Gasteiger partial charge in [0, 0.05) is 16.3 Å². The van der Waals surface area contributed by atoms with Gasteiger partial charge in [0.15, 0.2) is 5.17 Å². The molecule has 0 spiro atoms. The van der Waals surface area contributed by atoms with E-state index in [4.69, 9.17) is 0 Å². The largest absolute Gasteiger partial charge is 0.358 e. The molecule has 0 saturated heterocycles. The Morgan fingerprint density at radius 2 is 2.35 bits per heavy atom. The van der Waals surface area contributed by atoms with Crippen LogP contribution < -0.4 is 5.32 Å². The smallest absolute Gasteiger partial charge is 0.157 e. The van der Waals surface area contributed by atoms with Gasteiger partial charge in [-0.25, -0.2) is 4.98 Å². The second kappa shape index (κ2) is 5.87. The lowest BCUT2D eigenvalue weighted by Gasteiger charge is -2.11. The summed E-state index contributed by atoms with van der Waals surface area (Å²) in [5.74, 6) is 0.689. The topological polar surface area (TPSA) is 37.3 Å². The van der Waals surface area contributed by atoms with Crippen molar-refractivity contribution >= 4 is 28.3 Å². The van der Waals surface area contributed by atoms with Gasteiger partial charge < -0.3 is 5.32 Å². The Bertz CT molecular complexity index is 398. The number of nitrogens with one attached hydrogen (secondary N) is 1. The van der Waals surface area contributed by atoms with E-state index in [2.05, 4.69) is 36.1 Å². The summed E-state index contributed by atoms with van der Waals surface area (Å²) in [7, 11) is 0. The lowest BCUT2D eigenvalue weighted by atomic mass is 10.1. The fraction of sp³-hybridized carbons (Fsp3) is 0.667. The molecule has 2 rings (SSSR count). The van der Waals surface area contributed by atoms with Crippen LogP contribution in [0.3, 0.4) is 0 Å². The van der Waals surface area contributed by atoms with E-state index in [9.17, 15) is 0 Å². The van der Waals surface area contributed by atoms with Crippen molar-refractivity contribution in [2.24, 2.45) is 10.9 Å². The predicted molar refractivity (Wildman–Crippen MR) is 76.9 cm³/mol. The number of nitrogens with zero attached hydrogens (tertiary/aromatic N) is 2. The normalized spacial score (nSPS) is 19.8. The average Bonchev–Trinajstić information content (AvgIpc) is 2.95. The van der Waals surface area contributed by atoms with E-state index in [0.29, 0.717) is 11.2 Å². The molecule has 1 atom stereocenters.